The molecule has 41 atom stereocenters. The molecule has 0 aromatic heterocycles. The van der Waals surface area contributed by atoms with Crippen LogP contribution in [0.25, 0.3) is 0 Å². The van der Waals surface area contributed by atoms with Gasteiger partial charge in [0.05, 0.1) is 89.4 Å². The van der Waals surface area contributed by atoms with Crippen molar-refractivity contribution in [3.8, 4) is 0 Å². The van der Waals surface area contributed by atoms with E-state index in [0.29, 0.717) is 0 Å². The summed E-state index contributed by atoms with van der Waals surface area (Å²) < 4.78 is 88.2. The summed E-state index contributed by atoms with van der Waals surface area (Å²) in [5.74, 6) is -7.78. The molecule has 16 unspecified atom stereocenters. The van der Waals surface area contributed by atoms with E-state index in [-0.39, 0.29) is 0 Å². The number of aliphatic hydroxyl groups is 22. The zero-order chi connectivity index (χ0) is 70.1. The summed E-state index contributed by atoms with van der Waals surface area (Å²) in [7, 11) is 0. The Kier molecular flexibility index (Phi) is 27.6. The van der Waals surface area contributed by atoms with Crippen molar-refractivity contribution in [2.75, 3.05) is 52.9 Å². The predicted molar refractivity (Wildman–Crippen MR) is 297 cm³/mol. The molecule has 40 nitrogen and oxygen atoms in total. The summed E-state index contributed by atoms with van der Waals surface area (Å²) in [5.41, 5.74) is 5.93. The van der Waals surface area contributed by atoms with E-state index in [2.05, 4.69) is 0 Å². The van der Waals surface area contributed by atoms with E-state index in [1.165, 1.54) is 13.8 Å². The van der Waals surface area contributed by atoms with Gasteiger partial charge in [-0.15, -0.1) is 0 Å². The highest BCUT2D eigenvalue weighted by molar-refractivity contribution is 5.76. The summed E-state index contributed by atoms with van der Waals surface area (Å²) in [6.07, 6.45) is -66.1. The lowest BCUT2D eigenvalue weighted by molar-refractivity contribution is -0.392. The molecule has 8 fully saturated rings. The fraction of sp³-hybridized carbons (Fsp3) is 0.982. The monoisotopic (exact) mass is 1390 g/mol. The maximum absolute atomic E-state index is 12.7. The summed E-state index contributed by atoms with van der Waals surface area (Å²) in [5, 5.41) is 249. The molecule has 0 aromatic rings. The number of carboxylic acid groups (broad SMARTS) is 1. The van der Waals surface area contributed by atoms with E-state index in [9.17, 15) is 122 Å². The van der Waals surface area contributed by atoms with Crippen molar-refractivity contribution in [3.63, 3.8) is 0 Å². The largest absolute Gasteiger partial charge is 0.477 e. The lowest BCUT2D eigenvalue weighted by Crippen LogP contribution is -2.67. The van der Waals surface area contributed by atoms with E-state index >= 15 is 0 Å². The van der Waals surface area contributed by atoms with Gasteiger partial charge in [-0.25, -0.2) is 4.79 Å². The number of ether oxygens (including phenoxy) is 15. The molecule has 0 bridgehead atoms. The van der Waals surface area contributed by atoms with E-state index in [1.807, 2.05) is 0 Å². The Balaban J connectivity index is 0.984. The number of hydrogen-bond donors (Lipinski definition) is 24. The zero-order valence-corrected chi connectivity index (χ0v) is 51.9. The second kappa shape index (κ2) is 33.4. The van der Waals surface area contributed by atoms with Crippen molar-refractivity contribution in [2.45, 2.75) is 267 Å². The summed E-state index contributed by atoms with van der Waals surface area (Å²) in [6, 6.07) is -1.53. The normalized spacial score (nSPS) is 51.6. The average Bonchev–Trinajstić information content (AvgIpc) is 0.793. The third-order valence-electron chi connectivity index (χ3n) is 19.1. The van der Waals surface area contributed by atoms with Crippen LogP contribution in [0.2, 0.25) is 0 Å². The zero-order valence-electron chi connectivity index (χ0n) is 51.9. The van der Waals surface area contributed by atoms with Gasteiger partial charge in [-0.05, 0) is 6.92 Å². The van der Waals surface area contributed by atoms with Gasteiger partial charge in [0, 0.05) is 24.2 Å². The van der Waals surface area contributed by atoms with Crippen LogP contribution in [0.5, 0.6) is 0 Å². The minimum Gasteiger partial charge on any atom is -0.477 e. The highest BCUT2D eigenvalue weighted by Crippen LogP contribution is 2.41. The molecule has 8 aliphatic heterocycles. The lowest BCUT2D eigenvalue weighted by Gasteiger charge is -2.50. The summed E-state index contributed by atoms with van der Waals surface area (Å²) in [6.45, 7) is -1.43. The van der Waals surface area contributed by atoms with Gasteiger partial charge in [-0.3, -0.25) is 0 Å². The first-order valence-electron chi connectivity index (χ1n) is 31.2. The van der Waals surface area contributed by atoms with Crippen LogP contribution in [0.3, 0.4) is 0 Å². The van der Waals surface area contributed by atoms with Crippen molar-refractivity contribution in [2.24, 2.45) is 23.5 Å². The van der Waals surface area contributed by atoms with Gasteiger partial charge in [-0.2, -0.15) is 0 Å². The number of carbonyl (C=O) groups is 1. The highest BCUT2D eigenvalue weighted by Gasteiger charge is 2.60. The van der Waals surface area contributed by atoms with Gasteiger partial charge in [0.1, 0.15) is 153 Å². The smallest absolute Gasteiger partial charge is 0.364 e. The van der Waals surface area contributed by atoms with Gasteiger partial charge in [0.2, 0.25) is 0 Å². The molecule has 0 saturated carbocycles. The SMILES string of the molecule is CC1C(O)[C@H](OC2OC(CO[C@]3(C(=O)O)C[C@@H](O)[C@@H](N)C([C@H](O)[C@H](O)CO)O3)[C@H](O)[C@H](O)C2O)[C@H](CO)O[C@H]1O[C@@H]1C(O)[C@H](O)C(CO)O[C@@H]1OCC1O[C@@H](O[C@@H]2C(CO)O[C@@H](O[C@@H]3C(CO)O[C@@H](C)[C@@H](C)C3O)[C@@H](C)C2O)[C@H](O)C(O[C@H]2O[C@H](CO)[C@@H](O)C(O)C2O)[C@@H]1O. The molecule has 0 amide bonds. The molecule has 95 heavy (non-hydrogen) atoms. The highest BCUT2D eigenvalue weighted by atomic mass is 16.8. The molecule has 8 aliphatic rings. The van der Waals surface area contributed by atoms with Crippen molar-refractivity contribution in [3.05, 3.63) is 0 Å². The van der Waals surface area contributed by atoms with E-state index < -0.39 is 316 Å². The molecule has 40 heteroatoms. The molecular formula is C55H95NO39. The van der Waals surface area contributed by atoms with Crippen LogP contribution in [0.4, 0.5) is 0 Å². The number of aliphatic hydroxyl groups excluding tert-OH is 22. The van der Waals surface area contributed by atoms with Crippen molar-refractivity contribution in [1.82, 2.24) is 0 Å². The molecule has 554 valence electrons. The Morgan fingerprint density at radius 1 is 0.432 bits per heavy atom. The maximum atomic E-state index is 12.7. The van der Waals surface area contributed by atoms with Crippen LogP contribution in [0, 0.1) is 17.8 Å². The molecule has 25 N–H and O–H groups in total. The van der Waals surface area contributed by atoms with E-state index in [4.69, 9.17) is 76.8 Å². The van der Waals surface area contributed by atoms with Crippen LogP contribution < -0.4 is 5.73 Å². The quantitative estimate of drug-likeness (QED) is 0.0404. The van der Waals surface area contributed by atoms with Gasteiger partial charge in [0.25, 0.3) is 5.79 Å². The lowest BCUT2D eigenvalue weighted by atomic mass is 9.88. The fourth-order valence-corrected chi connectivity index (χ4v) is 12.7. The van der Waals surface area contributed by atoms with Crippen LogP contribution in [-0.2, 0) is 75.8 Å². The average molecular weight is 1390 g/mol. The van der Waals surface area contributed by atoms with Crippen molar-refractivity contribution < 1.29 is 193 Å². The van der Waals surface area contributed by atoms with Crippen molar-refractivity contribution >= 4 is 5.97 Å². The molecule has 0 spiro atoms. The Morgan fingerprint density at radius 2 is 0.821 bits per heavy atom. The number of rotatable bonds is 25. The Hall–Kier alpha value is -2.05. The molecule has 0 aromatic carbocycles. The van der Waals surface area contributed by atoms with Crippen LogP contribution >= 0.6 is 0 Å². The Bertz CT molecular complexity index is 2360. The van der Waals surface area contributed by atoms with Crippen LogP contribution in [0.15, 0.2) is 0 Å². The summed E-state index contributed by atoms with van der Waals surface area (Å²) in [4.78, 5) is 12.7. The predicted octanol–water partition coefficient (Wildman–Crippen LogP) is -14.4. The second-order valence-corrected chi connectivity index (χ2v) is 25.4. The standard InChI is InChI=1S/C55H95NO39/c1-14-17(4)83-22(9-60)42(28(14)65)90-48-15(2)29(66)44(24(11-62)86-48)92-52-41(78)46(93-50-39(76)36(73)32(69)20(7-58)84-50)35(72)25(88-52)12-81-53-47(38(75)33(70)21(8-59)85-53)94-49-16(3)30(67)43(23(10-61)87-49)91-51-40(77)37(74)34(71)26(89-51)13-82-55(54(79)80)5-18(63)27(56)45(95-55)31(68)19(64)6-57/h14-53,57-78H,5-13,56H2,1-4H3,(H,79,80)/t14-,15+,16?,17+,18-,19-,20-,21?,22?,23+,24?,25?,26?,27-,28?,29?,30?,31-,32-,33-,34+,35-,36?,37+,38?,39?,40?,41-,42-,43-,44-,45?,46?,47-,48+,49+,50-,51?,52+,53+,55-/m1/s1. The third kappa shape index (κ3) is 16.4. The number of aliphatic carboxylic acids is 1. The number of carboxylic acids is 1. The van der Waals surface area contributed by atoms with Gasteiger partial charge in [-0.1, -0.05) is 20.8 Å². The van der Waals surface area contributed by atoms with E-state index in [0.717, 1.165) is 0 Å². The maximum Gasteiger partial charge on any atom is 0.364 e. The molecule has 0 radical (unpaired) electrons. The molecule has 8 saturated heterocycles. The first-order valence-corrected chi connectivity index (χ1v) is 31.2. The summed E-state index contributed by atoms with van der Waals surface area (Å²) >= 11 is 0. The van der Waals surface area contributed by atoms with Gasteiger partial charge < -0.3 is 194 Å². The first-order chi connectivity index (χ1) is 44.8. The first kappa shape index (κ1) is 78.7. The van der Waals surface area contributed by atoms with Crippen LogP contribution in [-0.4, -0.2) is 409 Å². The molecule has 0 aliphatic carbocycles. The Labute approximate surface area is 541 Å². The minimum atomic E-state index is -2.90. The van der Waals surface area contributed by atoms with E-state index in [1.54, 1.807) is 13.8 Å². The van der Waals surface area contributed by atoms with Crippen molar-refractivity contribution in [1.29, 1.82) is 0 Å². The molecule has 8 rings (SSSR count). The topological polar surface area (TPSA) is 647 Å². The molecular weight excluding hydrogens is 1300 g/mol. The van der Waals surface area contributed by atoms with Gasteiger partial charge in [0.15, 0.2) is 37.7 Å². The fourth-order valence-electron chi connectivity index (χ4n) is 12.7. The minimum absolute atomic E-state index is 0.497. The number of nitrogens with two attached hydrogens (primary N) is 1. The second-order valence-electron chi connectivity index (χ2n) is 25.4. The van der Waals surface area contributed by atoms with Crippen LogP contribution in [0.1, 0.15) is 34.1 Å². The molecule has 8 heterocycles. The third-order valence-corrected chi connectivity index (χ3v) is 19.1. The Morgan fingerprint density at radius 3 is 1.31 bits per heavy atom. The van der Waals surface area contributed by atoms with Gasteiger partial charge >= 0.3 is 5.97 Å². The number of hydrogen-bond acceptors (Lipinski definition) is 39.